The Labute approximate surface area is 166 Å². The Morgan fingerprint density at radius 2 is 1.69 bits per heavy atom. The number of urea groups is 1. The molecule has 0 fully saturated rings. The average Bonchev–Trinajstić information content (AvgIpc) is 3.08. The number of aryl methyl sites for hydroxylation is 1. The van der Waals surface area contributed by atoms with Gasteiger partial charge in [-0.1, -0.05) is 5.21 Å². The summed E-state index contributed by atoms with van der Waals surface area (Å²) in [6.45, 7) is 0.843. The van der Waals surface area contributed by atoms with Gasteiger partial charge in [-0.15, -0.1) is 5.10 Å². The summed E-state index contributed by atoms with van der Waals surface area (Å²) < 4.78 is 6.54. The van der Waals surface area contributed by atoms with Gasteiger partial charge in [0.1, 0.15) is 17.8 Å². The quantitative estimate of drug-likeness (QED) is 0.251. The van der Waals surface area contributed by atoms with Crippen LogP contribution in [-0.2, 0) is 32.3 Å². The number of hydrogen-bond acceptors (Lipinski definition) is 7. The summed E-state index contributed by atoms with van der Waals surface area (Å²) in [7, 11) is 1.54. The first-order valence-electron chi connectivity index (χ1n) is 8.85. The second-order valence-electron chi connectivity index (χ2n) is 6.23. The topological polar surface area (TPSA) is 193 Å². The molecule has 1 unspecified atom stereocenters. The van der Waals surface area contributed by atoms with E-state index in [0.29, 0.717) is 31.7 Å². The number of carboxylic acid groups (broad SMARTS) is 3. The molecule has 0 saturated heterocycles. The second-order valence-corrected chi connectivity index (χ2v) is 6.23. The number of carbonyl (C=O) groups excluding carboxylic acids is 1. The molecular formula is C16H25N5O8. The monoisotopic (exact) mass is 415 g/mol. The van der Waals surface area contributed by atoms with Crippen LogP contribution in [0.2, 0.25) is 0 Å². The standard InChI is InChI=1S/C16H25N5O8/c1-29-9-10-8-21(20-19-10)7-3-2-4-11(14(24)25)17-16(28)18-12(15(26)27)5-6-13(22)23/h8,11-12H,2-7,9H2,1H3,(H,22,23)(H,24,25)(H,26,27)(H2,17,18,28)/t11-,12?/m0/s1. The summed E-state index contributed by atoms with van der Waals surface area (Å²) in [6, 6.07) is -3.64. The highest BCUT2D eigenvalue weighted by Crippen LogP contribution is 2.05. The highest BCUT2D eigenvalue weighted by molar-refractivity contribution is 5.86. The van der Waals surface area contributed by atoms with Crippen molar-refractivity contribution in [3.63, 3.8) is 0 Å². The first kappa shape index (κ1) is 23.8. The van der Waals surface area contributed by atoms with Crippen LogP contribution in [0.1, 0.15) is 37.8 Å². The number of methoxy groups -OCH3 is 1. The van der Waals surface area contributed by atoms with Gasteiger partial charge in [0.05, 0.1) is 12.8 Å². The number of hydrogen-bond donors (Lipinski definition) is 5. The zero-order valence-electron chi connectivity index (χ0n) is 15.9. The second kappa shape index (κ2) is 12.3. The van der Waals surface area contributed by atoms with Gasteiger partial charge in [-0.25, -0.2) is 14.4 Å². The zero-order valence-corrected chi connectivity index (χ0v) is 15.9. The van der Waals surface area contributed by atoms with Gasteiger partial charge in [0.15, 0.2) is 0 Å². The predicted octanol–water partition coefficient (Wildman–Crippen LogP) is -0.335. The molecule has 5 N–H and O–H groups in total. The highest BCUT2D eigenvalue weighted by Gasteiger charge is 2.24. The Bertz CT molecular complexity index is 707. The number of nitrogens with zero attached hydrogens (tertiary/aromatic N) is 3. The van der Waals surface area contributed by atoms with Crippen molar-refractivity contribution in [1.82, 2.24) is 25.6 Å². The molecule has 0 aliphatic carbocycles. The van der Waals surface area contributed by atoms with Crippen molar-refractivity contribution in [3.05, 3.63) is 11.9 Å². The minimum absolute atomic E-state index is 0.120. The van der Waals surface area contributed by atoms with Crippen molar-refractivity contribution in [3.8, 4) is 0 Å². The van der Waals surface area contributed by atoms with Crippen LogP contribution < -0.4 is 10.6 Å². The van der Waals surface area contributed by atoms with Gasteiger partial charge in [-0.2, -0.15) is 0 Å². The van der Waals surface area contributed by atoms with E-state index in [1.165, 1.54) is 0 Å². The summed E-state index contributed by atoms with van der Waals surface area (Å²) in [5.74, 6) is -3.88. The molecule has 1 aromatic rings. The third-order valence-corrected chi connectivity index (χ3v) is 3.86. The fourth-order valence-corrected chi connectivity index (χ4v) is 2.42. The molecule has 1 aromatic heterocycles. The van der Waals surface area contributed by atoms with E-state index in [1.807, 2.05) is 0 Å². The molecule has 0 aliphatic heterocycles. The normalized spacial score (nSPS) is 12.7. The molecule has 0 spiro atoms. The van der Waals surface area contributed by atoms with Crippen LogP contribution in [0, 0.1) is 0 Å². The molecule has 0 saturated carbocycles. The van der Waals surface area contributed by atoms with E-state index in [9.17, 15) is 24.3 Å². The molecule has 13 heteroatoms. The van der Waals surface area contributed by atoms with Crippen LogP contribution in [0.25, 0.3) is 0 Å². The van der Waals surface area contributed by atoms with Crippen molar-refractivity contribution < 1.29 is 39.2 Å². The van der Waals surface area contributed by atoms with Crippen molar-refractivity contribution in [2.45, 2.75) is 57.3 Å². The lowest BCUT2D eigenvalue weighted by Gasteiger charge is -2.18. The molecule has 2 amide bonds. The first-order valence-corrected chi connectivity index (χ1v) is 8.85. The lowest BCUT2D eigenvalue weighted by atomic mass is 10.1. The third kappa shape index (κ3) is 9.51. The summed E-state index contributed by atoms with van der Waals surface area (Å²) in [5, 5.41) is 39.0. The number of unbranched alkanes of at least 4 members (excludes halogenated alkanes) is 1. The largest absolute Gasteiger partial charge is 0.481 e. The minimum atomic E-state index is -1.44. The summed E-state index contributed by atoms with van der Waals surface area (Å²) in [5.41, 5.74) is 0.671. The maximum absolute atomic E-state index is 11.9. The molecule has 1 rings (SSSR count). The van der Waals surface area contributed by atoms with Crippen LogP contribution in [0.3, 0.4) is 0 Å². The number of rotatable bonds is 14. The first-order chi connectivity index (χ1) is 13.7. The molecular weight excluding hydrogens is 390 g/mol. The van der Waals surface area contributed by atoms with E-state index in [2.05, 4.69) is 20.9 Å². The maximum atomic E-state index is 11.9. The number of carboxylic acids is 3. The molecule has 2 atom stereocenters. The van der Waals surface area contributed by atoms with Gasteiger partial charge < -0.3 is 30.7 Å². The predicted molar refractivity (Wildman–Crippen MR) is 96.0 cm³/mol. The summed E-state index contributed by atoms with van der Waals surface area (Å²) in [4.78, 5) is 44.9. The van der Waals surface area contributed by atoms with E-state index in [-0.39, 0.29) is 12.8 Å². The molecule has 1 heterocycles. The lowest BCUT2D eigenvalue weighted by molar-refractivity contribution is -0.140. The van der Waals surface area contributed by atoms with Crippen LogP contribution in [-0.4, -0.2) is 73.4 Å². The lowest BCUT2D eigenvalue weighted by Crippen LogP contribution is -2.51. The summed E-state index contributed by atoms with van der Waals surface area (Å²) in [6.07, 6.45) is 2.10. The van der Waals surface area contributed by atoms with E-state index < -0.39 is 42.4 Å². The molecule has 0 aliphatic rings. The van der Waals surface area contributed by atoms with E-state index in [1.54, 1.807) is 18.0 Å². The van der Waals surface area contributed by atoms with Gasteiger partial charge in [-0.05, 0) is 25.7 Å². The van der Waals surface area contributed by atoms with Crippen LogP contribution in [0.4, 0.5) is 4.79 Å². The van der Waals surface area contributed by atoms with Crippen molar-refractivity contribution in [1.29, 1.82) is 0 Å². The summed E-state index contributed by atoms with van der Waals surface area (Å²) >= 11 is 0. The number of nitrogens with one attached hydrogen (secondary N) is 2. The molecule has 162 valence electrons. The van der Waals surface area contributed by atoms with Gasteiger partial charge in [0, 0.05) is 20.1 Å². The SMILES string of the molecule is COCc1cn(CCCC[C@H](NC(=O)NC(CCC(=O)O)C(=O)O)C(=O)O)nn1. The van der Waals surface area contributed by atoms with E-state index in [4.69, 9.17) is 14.9 Å². The Hall–Kier alpha value is -3.22. The van der Waals surface area contributed by atoms with E-state index >= 15 is 0 Å². The number of ether oxygens (including phenoxy) is 1. The van der Waals surface area contributed by atoms with Crippen molar-refractivity contribution in [2.75, 3.05) is 7.11 Å². The van der Waals surface area contributed by atoms with Gasteiger partial charge >= 0.3 is 23.9 Å². The third-order valence-electron chi connectivity index (χ3n) is 3.86. The number of aliphatic carboxylic acids is 3. The Kier molecular flexibility index (Phi) is 10.1. The van der Waals surface area contributed by atoms with Crippen LogP contribution in [0.15, 0.2) is 6.20 Å². The highest BCUT2D eigenvalue weighted by atomic mass is 16.5. The minimum Gasteiger partial charge on any atom is -0.481 e. The number of amides is 2. The Balaban J connectivity index is 2.44. The van der Waals surface area contributed by atoms with Crippen molar-refractivity contribution >= 4 is 23.9 Å². The molecule has 0 aromatic carbocycles. The smallest absolute Gasteiger partial charge is 0.326 e. The van der Waals surface area contributed by atoms with Crippen molar-refractivity contribution in [2.24, 2.45) is 0 Å². The fraction of sp³-hybridized carbons (Fsp3) is 0.625. The number of carbonyl (C=O) groups is 4. The van der Waals surface area contributed by atoms with Gasteiger partial charge in [0.25, 0.3) is 0 Å². The van der Waals surface area contributed by atoms with Crippen LogP contribution >= 0.6 is 0 Å². The molecule has 0 radical (unpaired) electrons. The Morgan fingerprint density at radius 1 is 1.07 bits per heavy atom. The Morgan fingerprint density at radius 3 is 2.24 bits per heavy atom. The van der Waals surface area contributed by atoms with Gasteiger partial charge in [-0.3, -0.25) is 9.48 Å². The molecule has 29 heavy (non-hydrogen) atoms. The van der Waals surface area contributed by atoms with E-state index in [0.717, 1.165) is 0 Å². The molecule has 0 bridgehead atoms. The zero-order chi connectivity index (χ0) is 21.8. The average molecular weight is 415 g/mol. The van der Waals surface area contributed by atoms with Crippen LogP contribution in [0.5, 0.6) is 0 Å². The maximum Gasteiger partial charge on any atom is 0.326 e. The molecule has 13 nitrogen and oxygen atoms in total. The number of aromatic nitrogens is 3. The van der Waals surface area contributed by atoms with Gasteiger partial charge in [0.2, 0.25) is 0 Å². The fourth-order valence-electron chi connectivity index (χ4n) is 2.42.